The molecule has 0 aromatic heterocycles. The van der Waals surface area contributed by atoms with Crippen LogP contribution in [0.5, 0.6) is 0 Å². The highest BCUT2D eigenvalue weighted by atomic mass is 35.5. The van der Waals surface area contributed by atoms with Crippen LogP contribution < -0.4 is 9.44 Å². The summed E-state index contributed by atoms with van der Waals surface area (Å²) in [6, 6.07) is 6.15. The molecule has 2 aromatic rings. The first-order chi connectivity index (χ1) is 11.0. The van der Waals surface area contributed by atoms with Gasteiger partial charge in [-0.2, -0.15) is 0 Å². The molecule has 0 saturated carbocycles. The van der Waals surface area contributed by atoms with E-state index in [4.69, 9.17) is 11.6 Å². The van der Waals surface area contributed by atoms with E-state index in [9.17, 15) is 25.6 Å². The maximum absolute atomic E-state index is 13.6. The number of nitrogens with one attached hydrogen (secondary N) is 2. The zero-order valence-corrected chi connectivity index (χ0v) is 14.4. The van der Waals surface area contributed by atoms with Crippen LogP contribution in [0.1, 0.15) is 0 Å². The highest BCUT2D eigenvalue weighted by molar-refractivity contribution is 7.92. The van der Waals surface area contributed by atoms with Gasteiger partial charge in [-0.1, -0.05) is 17.7 Å². The molecule has 0 saturated heterocycles. The second-order valence-corrected chi connectivity index (χ2v) is 8.50. The van der Waals surface area contributed by atoms with Gasteiger partial charge in [0.25, 0.3) is 10.0 Å². The van der Waals surface area contributed by atoms with Crippen LogP contribution in [-0.4, -0.2) is 23.1 Å². The Bertz CT molecular complexity index is 975. The van der Waals surface area contributed by atoms with E-state index in [-0.39, 0.29) is 16.4 Å². The van der Waals surface area contributed by atoms with Crippen molar-refractivity contribution in [3.05, 3.63) is 53.1 Å². The fourth-order valence-corrected chi connectivity index (χ4v) is 3.86. The molecule has 0 heterocycles. The van der Waals surface area contributed by atoms with Crippen molar-refractivity contribution in [3.8, 4) is 0 Å². The Labute approximate surface area is 142 Å². The highest BCUT2D eigenvalue weighted by Crippen LogP contribution is 2.28. The summed E-state index contributed by atoms with van der Waals surface area (Å²) in [6.07, 6.45) is 0.918. The lowest BCUT2D eigenvalue weighted by Crippen LogP contribution is -2.16. The van der Waals surface area contributed by atoms with Gasteiger partial charge in [-0.05, 0) is 30.3 Å². The first-order valence-corrected chi connectivity index (χ1v) is 9.99. The third kappa shape index (κ3) is 4.34. The minimum atomic E-state index is -4.54. The molecule has 0 unspecified atom stereocenters. The number of benzene rings is 2. The predicted molar refractivity (Wildman–Crippen MR) is 87.1 cm³/mol. The van der Waals surface area contributed by atoms with Crippen molar-refractivity contribution in [3.63, 3.8) is 0 Å². The molecule has 0 bridgehead atoms. The molecular formula is C13H11ClF2N2O4S2. The van der Waals surface area contributed by atoms with Crippen LogP contribution in [0.15, 0.2) is 41.3 Å². The quantitative estimate of drug-likeness (QED) is 0.812. The van der Waals surface area contributed by atoms with Crippen molar-refractivity contribution in [1.82, 2.24) is 0 Å². The van der Waals surface area contributed by atoms with Crippen LogP contribution >= 0.6 is 11.6 Å². The smallest absolute Gasteiger partial charge is 0.267 e. The van der Waals surface area contributed by atoms with Gasteiger partial charge >= 0.3 is 0 Å². The topological polar surface area (TPSA) is 92.3 Å². The van der Waals surface area contributed by atoms with Crippen LogP contribution in [0.2, 0.25) is 5.02 Å². The molecule has 2 N–H and O–H groups in total. The summed E-state index contributed by atoms with van der Waals surface area (Å²) in [6.45, 7) is 0. The SMILES string of the molecule is CS(=O)(=O)Nc1ccc(NS(=O)(=O)c2c(F)cccc2F)cc1Cl. The van der Waals surface area contributed by atoms with E-state index in [1.165, 1.54) is 12.1 Å². The van der Waals surface area contributed by atoms with Crippen LogP contribution in [0.3, 0.4) is 0 Å². The Balaban J connectivity index is 2.36. The Kier molecular flexibility index (Phi) is 5.02. The summed E-state index contributed by atoms with van der Waals surface area (Å²) >= 11 is 5.86. The van der Waals surface area contributed by atoms with E-state index >= 15 is 0 Å². The minimum absolute atomic E-state index is 0.0270. The zero-order valence-electron chi connectivity index (χ0n) is 12.0. The van der Waals surface area contributed by atoms with Gasteiger partial charge in [0.2, 0.25) is 10.0 Å². The number of sulfonamides is 2. The van der Waals surface area contributed by atoms with Gasteiger partial charge in [0.1, 0.15) is 11.6 Å². The van der Waals surface area contributed by atoms with Gasteiger partial charge in [0.05, 0.1) is 22.7 Å². The normalized spacial score (nSPS) is 12.0. The maximum atomic E-state index is 13.6. The van der Waals surface area contributed by atoms with Crippen molar-refractivity contribution in [1.29, 1.82) is 0 Å². The largest absolute Gasteiger partial charge is 0.282 e. The van der Waals surface area contributed by atoms with Gasteiger partial charge in [-0.25, -0.2) is 25.6 Å². The molecule has 11 heteroatoms. The molecule has 0 aliphatic carbocycles. The lowest BCUT2D eigenvalue weighted by Gasteiger charge is -2.12. The van der Waals surface area contributed by atoms with E-state index in [0.29, 0.717) is 0 Å². The Morgan fingerprint density at radius 3 is 2.04 bits per heavy atom. The molecule has 0 amide bonds. The lowest BCUT2D eigenvalue weighted by atomic mass is 10.3. The number of halogens is 3. The molecule has 2 rings (SSSR count). The lowest BCUT2D eigenvalue weighted by molar-refractivity contribution is 0.521. The van der Waals surface area contributed by atoms with Crippen LogP contribution in [0.25, 0.3) is 0 Å². The second kappa shape index (κ2) is 6.54. The molecule has 6 nitrogen and oxygen atoms in total. The molecule has 2 aromatic carbocycles. The first kappa shape index (κ1) is 18.4. The summed E-state index contributed by atoms with van der Waals surface area (Å²) in [7, 11) is -8.11. The minimum Gasteiger partial charge on any atom is -0.282 e. The number of anilines is 2. The van der Waals surface area contributed by atoms with Gasteiger partial charge < -0.3 is 0 Å². The Morgan fingerprint density at radius 1 is 0.958 bits per heavy atom. The van der Waals surface area contributed by atoms with Crippen LogP contribution in [-0.2, 0) is 20.0 Å². The third-order valence-electron chi connectivity index (χ3n) is 2.70. The first-order valence-electron chi connectivity index (χ1n) is 6.24. The second-order valence-electron chi connectivity index (χ2n) is 4.73. The summed E-state index contributed by atoms with van der Waals surface area (Å²) in [4.78, 5) is -1.13. The summed E-state index contributed by atoms with van der Waals surface area (Å²) in [5, 5.41) is -0.102. The summed E-state index contributed by atoms with van der Waals surface area (Å²) in [5.41, 5.74) is -0.0686. The number of rotatable bonds is 5. The fraction of sp³-hybridized carbons (Fsp3) is 0.0769. The number of hydrogen-bond donors (Lipinski definition) is 2. The van der Waals surface area contributed by atoms with Crippen molar-refractivity contribution >= 4 is 43.0 Å². The summed E-state index contributed by atoms with van der Waals surface area (Å²) < 4.78 is 77.9. The van der Waals surface area contributed by atoms with Gasteiger partial charge in [0.15, 0.2) is 4.90 Å². The van der Waals surface area contributed by atoms with Crippen LogP contribution in [0, 0.1) is 11.6 Å². The van der Waals surface area contributed by atoms with Crippen molar-refractivity contribution < 1.29 is 25.6 Å². The van der Waals surface area contributed by atoms with Crippen molar-refractivity contribution in [2.45, 2.75) is 4.90 Å². The molecular weight excluding hydrogens is 386 g/mol. The molecule has 0 aliphatic rings. The van der Waals surface area contributed by atoms with E-state index < -0.39 is 36.6 Å². The molecule has 24 heavy (non-hydrogen) atoms. The Hall–Kier alpha value is -1.91. The van der Waals surface area contributed by atoms with E-state index in [1.54, 1.807) is 0 Å². The Morgan fingerprint density at radius 2 is 1.54 bits per heavy atom. The molecule has 0 atom stereocenters. The predicted octanol–water partition coefficient (Wildman–Crippen LogP) is 2.79. The van der Waals surface area contributed by atoms with E-state index in [0.717, 1.165) is 30.5 Å². The van der Waals surface area contributed by atoms with Crippen LogP contribution in [0.4, 0.5) is 20.2 Å². The average Bonchev–Trinajstić information content (AvgIpc) is 2.39. The highest BCUT2D eigenvalue weighted by Gasteiger charge is 2.24. The molecule has 0 aliphatic heterocycles. The summed E-state index contributed by atoms with van der Waals surface area (Å²) in [5.74, 6) is -2.49. The molecule has 0 radical (unpaired) electrons. The number of hydrogen-bond acceptors (Lipinski definition) is 4. The average molecular weight is 397 g/mol. The monoisotopic (exact) mass is 396 g/mol. The van der Waals surface area contributed by atoms with Crippen molar-refractivity contribution in [2.24, 2.45) is 0 Å². The molecule has 0 fully saturated rings. The maximum Gasteiger partial charge on any atom is 0.267 e. The molecule has 0 spiro atoms. The van der Waals surface area contributed by atoms with Gasteiger partial charge in [-0.3, -0.25) is 9.44 Å². The standard InChI is InChI=1S/C13H11ClF2N2O4S2/c1-23(19,20)18-12-6-5-8(7-9(12)14)17-24(21,22)13-10(15)3-2-4-11(13)16/h2-7,17-18H,1H3. The van der Waals surface area contributed by atoms with Crippen molar-refractivity contribution in [2.75, 3.05) is 15.7 Å². The molecule has 130 valence electrons. The van der Waals surface area contributed by atoms with Gasteiger partial charge in [-0.15, -0.1) is 0 Å². The van der Waals surface area contributed by atoms with E-state index in [2.05, 4.69) is 4.72 Å². The third-order valence-corrected chi connectivity index (χ3v) is 5.04. The fourth-order valence-electron chi connectivity index (χ4n) is 1.81. The van der Waals surface area contributed by atoms with Gasteiger partial charge in [0, 0.05) is 0 Å². The van der Waals surface area contributed by atoms with E-state index in [1.807, 2.05) is 4.72 Å². The zero-order chi connectivity index (χ0) is 18.1.